The van der Waals surface area contributed by atoms with Crippen LogP contribution in [0.1, 0.15) is 96.4 Å². The van der Waals surface area contributed by atoms with Gasteiger partial charge in [-0.3, -0.25) is 34.2 Å². The van der Waals surface area contributed by atoms with Gasteiger partial charge in [-0.1, -0.05) is 39.5 Å². The highest BCUT2D eigenvalue weighted by Crippen LogP contribution is 2.54. The molecule has 5 aliphatic rings. The normalized spacial score (nSPS) is 25.8. The van der Waals surface area contributed by atoms with Crippen LogP contribution in [-0.2, 0) is 9.59 Å². The monoisotopic (exact) mass is 606 g/mol. The maximum Gasteiger partial charge on any atom is 0.262 e. The summed E-state index contributed by atoms with van der Waals surface area (Å²) in [7, 11) is 0. The molecule has 232 valence electrons. The number of carbonyl (C=O) groups excluding carboxylic acids is 5. The highest BCUT2D eigenvalue weighted by Gasteiger charge is 2.54. The number of amides is 5. The number of rotatable bonds is 4. The van der Waals surface area contributed by atoms with Gasteiger partial charge < -0.3 is 10.2 Å². The first kappa shape index (κ1) is 29.3. The highest BCUT2D eigenvalue weighted by molar-refractivity contribution is 6.23. The van der Waals surface area contributed by atoms with E-state index in [1.807, 2.05) is 30.3 Å². The molecule has 1 unspecified atom stereocenters. The van der Waals surface area contributed by atoms with E-state index in [0.29, 0.717) is 22.6 Å². The highest BCUT2D eigenvalue weighted by atomic mass is 16.2. The Morgan fingerprint density at radius 2 is 1.58 bits per heavy atom. The summed E-state index contributed by atoms with van der Waals surface area (Å²) in [5.41, 5.74) is 3.44. The third-order valence-corrected chi connectivity index (χ3v) is 10.5. The van der Waals surface area contributed by atoms with Crippen molar-refractivity contribution in [2.45, 2.75) is 71.9 Å². The van der Waals surface area contributed by atoms with Gasteiger partial charge in [0, 0.05) is 53.7 Å². The van der Waals surface area contributed by atoms with Crippen LogP contribution in [0.5, 0.6) is 0 Å². The van der Waals surface area contributed by atoms with E-state index in [4.69, 9.17) is 0 Å². The number of fused-ring (bicyclic) bond motifs is 1. The van der Waals surface area contributed by atoms with Crippen molar-refractivity contribution < 1.29 is 24.0 Å². The second kappa shape index (κ2) is 10.0. The standard InChI is InChI=1S/C36H38N4O5/c1-34(2)18-35(3,4)33(34)38-29(42)23-9-7-21(8-10-23)5-6-22-16-36(17-22)19-39(20-36)24-11-12-25-26(15-24)32(45)40(31(25)44)27-13-14-28(41)37-30(27)43/h7-12,15,22,27,33H,13-14,16-20H2,1-4H3,(H,38,42)(H,37,41,43). The molecule has 2 aromatic carbocycles. The van der Waals surface area contributed by atoms with Crippen LogP contribution in [-0.4, -0.2) is 59.6 Å². The summed E-state index contributed by atoms with van der Waals surface area (Å²) in [6.45, 7) is 10.5. The molecule has 2 saturated heterocycles. The Morgan fingerprint density at radius 1 is 0.911 bits per heavy atom. The molecule has 4 fully saturated rings. The summed E-state index contributed by atoms with van der Waals surface area (Å²) >= 11 is 0. The van der Waals surface area contributed by atoms with Crippen molar-refractivity contribution in [1.82, 2.24) is 15.5 Å². The molecule has 2 aromatic rings. The fraction of sp³-hybridized carbons (Fsp3) is 0.472. The SMILES string of the molecule is CC1(C)CC(C)(C)C1NC(=O)c1ccc(C#CC2CC3(C2)CN(c2ccc4c(c2)C(=O)N(C2CCC(=O)NC2=O)C4=O)C3)cc1. The van der Waals surface area contributed by atoms with Gasteiger partial charge in [0.2, 0.25) is 11.8 Å². The molecule has 2 N–H and O–H groups in total. The smallest absolute Gasteiger partial charge is 0.262 e. The number of hydrogen-bond acceptors (Lipinski definition) is 6. The van der Waals surface area contributed by atoms with E-state index in [1.54, 1.807) is 12.1 Å². The average molecular weight is 607 g/mol. The van der Waals surface area contributed by atoms with E-state index in [0.717, 1.165) is 48.5 Å². The van der Waals surface area contributed by atoms with E-state index < -0.39 is 29.7 Å². The molecule has 7 rings (SSSR count). The van der Waals surface area contributed by atoms with E-state index in [1.165, 1.54) is 0 Å². The van der Waals surface area contributed by atoms with Crippen LogP contribution < -0.4 is 15.5 Å². The maximum atomic E-state index is 13.2. The largest absolute Gasteiger partial charge is 0.370 e. The number of benzene rings is 2. The van der Waals surface area contributed by atoms with E-state index >= 15 is 0 Å². The number of hydrogen-bond donors (Lipinski definition) is 2. The quantitative estimate of drug-likeness (QED) is 0.403. The number of nitrogens with one attached hydrogen (secondary N) is 2. The molecule has 3 aliphatic heterocycles. The maximum absolute atomic E-state index is 13.2. The number of imide groups is 2. The van der Waals surface area contributed by atoms with Crippen LogP contribution in [0.25, 0.3) is 0 Å². The first-order valence-corrected chi connectivity index (χ1v) is 15.8. The van der Waals surface area contributed by atoms with Crippen LogP contribution in [0.4, 0.5) is 5.69 Å². The van der Waals surface area contributed by atoms with Crippen molar-refractivity contribution in [3.63, 3.8) is 0 Å². The predicted octanol–water partition coefficient (Wildman–Crippen LogP) is 3.91. The molecule has 1 spiro atoms. The summed E-state index contributed by atoms with van der Waals surface area (Å²) in [4.78, 5) is 66.1. The molecule has 1 atom stereocenters. The Hall–Kier alpha value is -4.45. The molecule has 9 heteroatoms. The van der Waals surface area contributed by atoms with Crippen molar-refractivity contribution >= 4 is 35.2 Å². The summed E-state index contributed by atoms with van der Waals surface area (Å²) in [6, 6.07) is 12.0. The van der Waals surface area contributed by atoms with Crippen LogP contribution in [0.15, 0.2) is 42.5 Å². The van der Waals surface area contributed by atoms with Crippen molar-refractivity contribution in [3.05, 3.63) is 64.7 Å². The van der Waals surface area contributed by atoms with E-state index in [2.05, 4.69) is 55.1 Å². The van der Waals surface area contributed by atoms with Crippen LogP contribution in [0.3, 0.4) is 0 Å². The molecule has 2 saturated carbocycles. The van der Waals surface area contributed by atoms with Gasteiger partial charge in [-0.05, 0) is 79.0 Å². The molecular weight excluding hydrogens is 568 g/mol. The van der Waals surface area contributed by atoms with Gasteiger partial charge in [-0.25, -0.2) is 0 Å². The van der Waals surface area contributed by atoms with Gasteiger partial charge in [-0.2, -0.15) is 0 Å². The third kappa shape index (κ3) is 4.91. The fourth-order valence-corrected chi connectivity index (χ4v) is 8.75. The Bertz CT molecular complexity index is 1700. The molecule has 45 heavy (non-hydrogen) atoms. The van der Waals surface area contributed by atoms with Gasteiger partial charge in [0.15, 0.2) is 0 Å². The fourth-order valence-electron chi connectivity index (χ4n) is 8.75. The van der Waals surface area contributed by atoms with E-state index in [-0.39, 0.29) is 41.0 Å². The molecule has 5 amide bonds. The first-order chi connectivity index (χ1) is 21.3. The zero-order chi connectivity index (χ0) is 31.9. The molecule has 9 nitrogen and oxygen atoms in total. The second-order valence-electron chi connectivity index (χ2n) is 15.0. The van der Waals surface area contributed by atoms with Crippen LogP contribution in [0.2, 0.25) is 0 Å². The Balaban J connectivity index is 0.922. The second-order valence-corrected chi connectivity index (χ2v) is 15.0. The third-order valence-electron chi connectivity index (χ3n) is 10.5. The first-order valence-electron chi connectivity index (χ1n) is 15.8. The molecule has 0 radical (unpaired) electrons. The van der Waals surface area contributed by atoms with Crippen molar-refractivity contribution in [1.29, 1.82) is 0 Å². The minimum Gasteiger partial charge on any atom is -0.370 e. The Labute approximate surface area is 263 Å². The topological polar surface area (TPSA) is 116 Å². The lowest BCUT2D eigenvalue weighted by atomic mass is 9.52. The van der Waals surface area contributed by atoms with Crippen molar-refractivity contribution in [3.8, 4) is 11.8 Å². The van der Waals surface area contributed by atoms with Crippen molar-refractivity contribution in [2.75, 3.05) is 18.0 Å². The molecule has 0 aromatic heterocycles. The lowest BCUT2D eigenvalue weighted by molar-refractivity contribution is -0.136. The van der Waals surface area contributed by atoms with E-state index in [9.17, 15) is 24.0 Å². The van der Waals surface area contributed by atoms with Gasteiger partial charge in [0.05, 0.1) is 11.1 Å². The van der Waals surface area contributed by atoms with Crippen LogP contribution in [0, 0.1) is 34.0 Å². The minimum absolute atomic E-state index is 0.0400. The minimum atomic E-state index is -0.964. The Kier molecular flexibility index (Phi) is 6.52. The molecule has 0 bridgehead atoms. The lowest BCUT2D eigenvalue weighted by Crippen LogP contribution is -2.63. The van der Waals surface area contributed by atoms with Gasteiger partial charge >= 0.3 is 0 Å². The van der Waals surface area contributed by atoms with Crippen molar-refractivity contribution in [2.24, 2.45) is 22.2 Å². The summed E-state index contributed by atoms with van der Waals surface area (Å²) in [5.74, 6) is 5.01. The zero-order valence-corrected chi connectivity index (χ0v) is 26.2. The lowest BCUT2D eigenvalue weighted by Gasteiger charge is -2.59. The molecule has 2 aliphatic carbocycles. The molecular formula is C36H38N4O5. The number of carbonyl (C=O) groups is 5. The zero-order valence-electron chi connectivity index (χ0n) is 26.2. The summed E-state index contributed by atoms with van der Waals surface area (Å²) < 4.78 is 0. The van der Waals surface area contributed by atoms with Gasteiger partial charge in [0.25, 0.3) is 17.7 Å². The van der Waals surface area contributed by atoms with Crippen LogP contribution >= 0.6 is 0 Å². The predicted molar refractivity (Wildman–Crippen MR) is 167 cm³/mol. The summed E-state index contributed by atoms with van der Waals surface area (Å²) in [5, 5.41) is 5.46. The van der Waals surface area contributed by atoms with Gasteiger partial charge in [-0.15, -0.1) is 0 Å². The number of anilines is 1. The van der Waals surface area contributed by atoms with Gasteiger partial charge in [0.1, 0.15) is 6.04 Å². The number of piperidine rings is 1. The Morgan fingerprint density at radius 3 is 2.22 bits per heavy atom. The summed E-state index contributed by atoms with van der Waals surface area (Å²) in [6.07, 6.45) is 3.34. The average Bonchev–Trinajstić information content (AvgIpc) is 3.18. The molecule has 3 heterocycles. The number of nitrogens with zero attached hydrogens (tertiary/aromatic N) is 2.